The van der Waals surface area contributed by atoms with Crippen LogP contribution in [0.2, 0.25) is 0 Å². The van der Waals surface area contributed by atoms with Crippen LogP contribution in [0.5, 0.6) is 0 Å². The number of methoxy groups -OCH3 is 1. The maximum Gasteiger partial charge on any atom is 0.360 e. The zero-order valence-corrected chi connectivity index (χ0v) is 11.2. The molecule has 0 fully saturated rings. The van der Waals surface area contributed by atoms with Crippen molar-refractivity contribution in [2.75, 3.05) is 12.8 Å². The van der Waals surface area contributed by atoms with Crippen LogP contribution >= 0.6 is 11.3 Å². The van der Waals surface area contributed by atoms with Gasteiger partial charge in [-0.3, -0.25) is 4.68 Å². The van der Waals surface area contributed by atoms with Crippen LogP contribution in [0.3, 0.4) is 0 Å². The van der Waals surface area contributed by atoms with Crippen LogP contribution in [0.4, 0.5) is 5.69 Å². The molecule has 0 aliphatic rings. The molecule has 0 aromatic carbocycles. The first-order valence-corrected chi connectivity index (χ1v) is 6.44. The van der Waals surface area contributed by atoms with Gasteiger partial charge in [-0.2, -0.15) is 5.10 Å². The molecule has 0 saturated heterocycles. The van der Waals surface area contributed by atoms with Crippen molar-refractivity contribution in [1.82, 2.24) is 9.78 Å². The Kier molecular flexibility index (Phi) is 3.66. The topological polar surface area (TPSA) is 70.1 Å². The second-order valence-corrected chi connectivity index (χ2v) is 5.10. The van der Waals surface area contributed by atoms with Crippen molar-refractivity contribution in [3.8, 4) is 0 Å². The molecule has 0 unspecified atom stereocenters. The van der Waals surface area contributed by atoms with Gasteiger partial charge in [-0.1, -0.05) is 6.92 Å². The quantitative estimate of drug-likeness (QED) is 0.857. The molecule has 18 heavy (non-hydrogen) atoms. The summed E-state index contributed by atoms with van der Waals surface area (Å²) in [4.78, 5) is 13.9. The van der Waals surface area contributed by atoms with Gasteiger partial charge >= 0.3 is 5.97 Å². The van der Waals surface area contributed by atoms with E-state index in [0.717, 1.165) is 6.42 Å². The van der Waals surface area contributed by atoms with Gasteiger partial charge in [0.25, 0.3) is 0 Å². The fraction of sp³-hybridized carbons (Fsp3) is 0.333. The fourth-order valence-corrected chi connectivity index (χ4v) is 2.58. The van der Waals surface area contributed by atoms with E-state index in [-0.39, 0.29) is 5.69 Å². The van der Waals surface area contributed by atoms with E-state index in [1.54, 1.807) is 22.2 Å². The summed E-state index contributed by atoms with van der Waals surface area (Å²) >= 11 is 1.74. The first-order valence-electron chi connectivity index (χ1n) is 5.63. The number of carbonyl (C=O) groups excluding carboxylic acids is 1. The number of anilines is 1. The summed E-state index contributed by atoms with van der Waals surface area (Å²) in [5.74, 6) is -0.508. The summed E-state index contributed by atoms with van der Waals surface area (Å²) in [5, 5.41) is 4.13. The third kappa shape index (κ3) is 2.53. The Hall–Kier alpha value is -1.82. The Morgan fingerprint density at radius 2 is 2.22 bits per heavy atom. The predicted octanol–water partition coefficient (Wildman–Crippen LogP) is 1.92. The molecular weight excluding hydrogens is 250 g/mol. The van der Waals surface area contributed by atoms with E-state index < -0.39 is 5.97 Å². The molecule has 0 radical (unpaired) electrons. The summed E-state index contributed by atoms with van der Waals surface area (Å²) in [5.41, 5.74) is 6.23. The maximum atomic E-state index is 11.4. The number of aromatic nitrogens is 2. The zero-order valence-electron chi connectivity index (χ0n) is 10.3. The first-order chi connectivity index (χ1) is 8.63. The molecule has 0 spiro atoms. The molecule has 0 aliphatic carbocycles. The highest BCUT2D eigenvalue weighted by Gasteiger charge is 2.15. The number of carbonyl (C=O) groups is 1. The van der Waals surface area contributed by atoms with Gasteiger partial charge in [0.05, 0.1) is 19.3 Å². The number of esters is 1. The lowest BCUT2D eigenvalue weighted by Crippen LogP contribution is -2.06. The highest BCUT2D eigenvalue weighted by atomic mass is 32.1. The molecule has 0 saturated carbocycles. The normalized spacial score (nSPS) is 10.6. The number of rotatable bonds is 4. The number of hydrogen-bond donors (Lipinski definition) is 1. The summed E-state index contributed by atoms with van der Waals surface area (Å²) in [6.07, 6.45) is 2.68. The molecule has 2 heterocycles. The van der Waals surface area contributed by atoms with Gasteiger partial charge in [0.1, 0.15) is 0 Å². The summed E-state index contributed by atoms with van der Waals surface area (Å²) in [7, 11) is 1.31. The van der Waals surface area contributed by atoms with Crippen molar-refractivity contribution in [2.24, 2.45) is 0 Å². The Bertz CT molecular complexity index is 559. The average molecular weight is 265 g/mol. The van der Waals surface area contributed by atoms with E-state index in [9.17, 15) is 4.79 Å². The van der Waals surface area contributed by atoms with E-state index >= 15 is 0 Å². The van der Waals surface area contributed by atoms with Crippen LogP contribution in [0.25, 0.3) is 0 Å². The van der Waals surface area contributed by atoms with Crippen LogP contribution in [0.15, 0.2) is 18.3 Å². The Morgan fingerprint density at radius 1 is 1.50 bits per heavy atom. The number of hydrogen-bond acceptors (Lipinski definition) is 5. The van der Waals surface area contributed by atoms with Crippen molar-refractivity contribution >= 4 is 23.0 Å². The minimum atomic E-state index is -0.508. The van der Waals surface area contributed by atoms with Gasteiger partial charge in [-0.25, -0.2) is 4.79 Å². The summed E-state index contributed by atoms with van der Waals surface area (Å²) < 4.78 is 6.27. The van der Waals surface area contributed by atoms with Crippen molar-refractivity contribution in [2.45, 2.75) is 19.9 Å². The number of nitrogens with zero attached hydrogens (tertiary/aromatic N) is 2. The molecule has 2 N–H and O–H groups in total. The van der Waals surface area contributed by atoms with Crippen molar-refractivity contribution in [3.63, 3.8) is 0 Å². The van der Waals surface area contributed by atoms with E-state index in [2.05, 4.69) is 28.9 Å². The minimum Gasteiger partial charge on any atom is -0.464 e. The summed E-state index contributed by atoms with van der Waals surface area (Å²) in [6, 6.07) is 4.17. The van der Waals surface area contributed by atoms with Crippen molar-refractivity contribution in [3.05, 3.63) is 33.8 Å². The molecule has 0 bridgehead atoms. The van der Waals surface area contributed by atoms with Crippen molar-refractivity contribution < 1.29 is 9.53 Å². The van der Waals surface area contributed by atoms with Gasteiger partial charge in [0.15, 0.2) is 5.69 Å². The average Bonchev–Trinajstić information content (AvgIpc) is 2.95. The van der Waals surface area contributed by atoms with Crippen molar-refractivity contribution in [1.29, 1.82) is 0 Å². The second kappa shape index (κ2) is 5.22. The highest BCUT2D eigenvalue weighted by Crippen LogP contribution is 2.19. The second-order valence-electron chi connectivity index (χ2n) is 3.84. The number of thiophene rings is 1. The lowest BCUT2D eigenvalue weighted by Gasteiger charge is -1.97. The van der Waals surface area contributed by atoms with Gasteiger partial charge < -0.3 is 10.5 Å². The van der Waals surface area contributed by atoms with Gasteiger partial charge in [0, 0.05) is 16.0 Å². The molecule has 2 rings (SSSR count). The lowest BCUT2D eigenvalue weighted by atomic mass is 10.3. The van der Waals surface area contributed by atoms with Crippen LogP contribution < -0.4 is 5.73 Å². The minimum absolute atomic E-state index is 0.171. The van der Waals surface area contributed by atoms with Gasteiger partial charge in [-0.15, -0.1) is 11.3 Å². The number of aryl methyl sites for hydroxylation is 1. The Balaban J connectivity index is 2.17. The number of ether oxygens (including phenoxy) is 1. The molecular formula is C12H15N3O2S. The third-order valence-corrected chi connectivity index (χ3v) is 3.77. The largest absolute Gasteiger partial charge is 0.464 e. The van der Waals surface area contributed by atoms with Crippen LogP contribution in [-0.4, -0.2) is 22.9 Å². The molecule has 5 nitrogen and oxygen atoms in total. The zero-order chi connectivity index (χ0) is 13.1. The van der Waals surface area contributed by atoms with Gasteiger partial charge in [0.2, 0.25) is 0 Å². The smallest absolute Gasteiger partial charge is 0.360 e. The first kappa shape index (κ1) is 12.6. The molecule has 0 aliphatic heterocycles. The van der Waals surface area contributed by atoms with E-state index in [0.29, 0.717) is 12.2 Å². The molecule has 0 atom stereocenters. The van der Waals surface area contributed by atoms with E-state index in [4.69, 9.17) is 5.73 Å². The van der Waals surface area contributed by atoms with Crippen LogP contribution in [-0.2, 0) is 17.7 Å². The Morgan fingerprint density at radius 3 is 2.83 bits per heavy atom. The molecule has 2 aromatic heterocycles. The van der Waals surface area contributed by atoms with E-state index in [1.807, 2.05) is 0 Å². The lowest BCUT2D eigenvalue weighted by molar-refractivity contribution is 0.0594. The molecule has 96 valence electrons. The standard InChI is InChI=1S/C12H15N3O2S/c1-3-8-4-5-9(18-8)6-15-7-10(13)11(14-15)12(16)17-2/h4-5,7H,3,6,13H2,1-2H3. The molecule has 0 amide bonds. The predicted molar refractivity (Wildman–Crippen MR) is 70.8 cm³/mol. The third-order valence-electron chi connectivity index (χ3n) is 2.55. The molecule has 2 aromatic rings. The number of nitrogen functional groups attached to an aromatic ring is 1. The fourth-order valence-electron chi connectivity index (χ4n) is 1.63. The van der Waals surface area contributed by atoms with E-state index in [1.165, 1.54) is 16.9 Å². The Labute approximate surface area is 109 Å². The van der Waals surface area contributed by atoms with Crippen LogP contribution in [0.1, 0.15) is 27.2 Å². The maximum absolute atomic E-state index is 11.4. The highest BCUT2D eigenvalue weighted by molar-refractivity contribution is 7.11. The summed E-state index contributed by atoms with van der Waals surface area (Å²) in [6.45, 7) is 2.74. The SMILES string of the molecule is CCc1ccc(Cn2cc(N)c(C(=O)OC)n2)s1. The van der Waals surface area contributed by atoms with Crippen LogP contribution in [0, 0.1) is 0 Å². The molecule has 6 heteroatoms. The number of nitrogens with two attached hydrogens (primary N) is 1. The van der Waals surface area contributed by atoms with Gasteiger partial charge in [-0.05, 0) is 18.6 Å². The monoisotopic (exact) mass is 265 g/mol.